The molecule has 0 fully saturated rings. The third-order valence-electron chi connectivity index (χ3n) is 1.86. The van der Waals surface area contributed by atoms with E-state index in [1.165, 1.54) is 0 Å². The summed E-state index contributed by atoms with van der Waals surface area (Å²) in [6.07, 6.45) is 1.71. The number of para-hydroxylation sites is 1. The molecular formula is C11H17NO2S. The summed E-state index contributed by atoms with van der Waals surface area (Å²) < 4.78 is 16.2. The number of ether oxygens (including phenoxy) is 1. The summed E-state index contributed by atoms with van der Waals surface area (Å²) in [5, 5.41) is 3.17. The molecule has 1 atom stereocenters. The minimum absolute atomic E-state index is 0.639. The molecule has 0 amide bonds. The van der Waals surface area contributed by atoms with Gasteiger partial charge in [-0.2, -0.15) is 0 Å². The van der Waals surface area contributed by atoms with Gasteiger partial charge < -0.3 is 10.1 Å². The summed E-state index contributed by atoms with van der Waals surface area (Å²) in [6, 6.07) is 9.72. The first-order valence-corrected chi connectivity index (χ1v) is 6.70. The van der Waals surface area contributed by atoms with Crippen LogP contribution in [0.15, 0.2) is 30.3 Å². The van der Waals surface area contributed by atoms with Gasteiger partial charge in [-0.15, -0.1) is 0 Å². The van der Waals surface area contributed by atoms with Crippen molar-refractivity contribution in [2.24, 2.45) is 0 Å². The van der Waals surface area contributed by atoms with Crippen molar-refractivity contribution in [3.63, 3.8) is 0 Å². The lowest BCUT2D eigenvalue weighted by atomic mass is 10.3. The molecule has 1 aromatic rings. The molecule has 1 rings (SSSR count). The van der Waals surface area contributed by atoms with Crippen LogP contribution < -0.4 is 10.1 Å². The zero-order chi connectivity index (χ0) is 10.9. The fourth-order valence-corrected chi connectivity index (χ4v) is 1.53. The molecule has 84 valence electrons. The Hall–Kier alpha value is -0.870. The highest BCUT2D eigenvalue weighted by atomic mass is 32.2. The summed E-state index contributed by atoms with van der Waals surface area (Å²) in [6.45, 7) is 2.20. The fraction of sp³-hybridized carbons (Fsp3) is 0.455. The molecule has 0 aliphatic heterocycles. The molecule has 0 aliphatic rings. The van der Waals surface area contributed by atoms with Crippen LogP contribution in [-0.2, 0) is 10.8 Å². The van der Waals surface area contributed by atoms with E-state index < -0.39 is 10.8 Å². The third-order valence-corrected chi connectivity index (χ3v) is 2.64. The molecule has 3 nitrogen and oxygen atoms in total. The van der Waals surface area contributed by atoms with E-state index in [0.717, 1.165) is 18.8 Å². The Labute approximate surface area is 93.3 Å². The van der Waals surface area contributed by atoms with E-state index in [0.29, 0.717) is 12.4 Å². The van der Waals surface area contributed by atoms with Crippen LogP contribution in [0.3, 0.4) is 0 Å². The molecule has 0 aromatic heterocycles. The largest absolute Gasteiger partial charge is 0.492 e. The van der Waals surface area contributed by atoms with E-state index in [4.69, 9.17) is 4.74 Å². The number of rotatable bonds is 7. The van der Waals surface area contributed by atoms with Gasteiger partial charge in [-0.25, -0.2) is 0 Å². The van der Waals surface area contributed by atoms with Crippen LogP contribution in [0.4, 0.5) is 0 Å². The highest BCUT2D eigenvalue weighted by Crippen LogP contribution is 2.07. The van der Waals surface area contributed by atoms with E-state index in [2.05, 4.69) is 5.32 Å². The molecule has 0 radical (unpaired) electrons. The molecule has 1 aromatic carbocycles. The smallest absolute Gasteiger partial charge is 0.119 e. The molecule has 0 saturated carbocycles. The molecule has 0 heterocycles. The second-order valence-corrected chi connectivity index (χ2v) is 4.74. The molecular weight excluding hydrogens is 210 g/mol. The van der Waals surface area contributed by atoms with E-state index in [9.17, 15) is 4.21 Å². The Morgan fingerprint density at radius 2 is 2.00 bits per heavy atom. The van der Waals surface area contributed by atoms with Gasteiger partial charge >= 0.3 is 0 Å². The van der Waals surface area contributed by atoms with Crippen LogP contribution in [0.2, 0.25) is 0 Å². The van der Waals surface area contributed by atoms with Crippen LogP contribution in [0, 0.1) is 0 Å². The zero-order valence-electron chi connectivity index (χ0n) is 8.94. The molecule has 0 aliphatic carbocycles. The van der Waals surface area contributed by atoms with Gasteiger partial charge in [0.25, 0.3) is 0 Å². The Bertz CT molecular complexity index is 290. The molecule has 0 saturated heterocycles. The van der Waals surface area contributed by atoms with E-state index in [-0.39, 0.29) is 0 Å². The van der Waals surface area contributed by atoms with Gasteiger partial charge in [0.05, 0.1) is 0 Å². The van der Waals surface area contributed by atoms with Crippen LogP contribution in [0.5, 0.6) is 5.75 Å². The van der Waals surface area contributed by atoms with E-state index in [1.807, 2.05) is 30.3 Å². The molecule has 15 heavy (non-hydrogen) atoms. The highest BCUT2D eigenvalue weighted by molar-refractivity contribution is 7.84. The second-order valence-electron chi connectivity index (χ2n) is 3.19. The van der Waals surface area contributed by atoms with Crippen molar-refractivity contribution in [1.82, 2.24) is 5.32 Å². The van der Waals surface area contributed by atoms with Crippen molar-refractivity contribution in [3.8, 4) is 5.75 Å². The van der Waals surface area contributed by atoms with Crippen molar-refractivity contribution in [1.29, 1.82) is 0 Å². The van der Waals surface area contributed by atoms with E-state index in [1.54, 1.807) is 6.26 Å². The Kier molecular flexibility index (Phi) is 6.04. The predicted octanol–water partition coefficient (Wildman–Crippen LogP) is 1.03. The van der Waals surface area contributed by atoms with Gasteiger partial charge in [0.1, 0.15) is 12.4 Å². The number of hydrogen-bond donors (Lipinski definition) is 1. The lowest BCUT2D eigenvalue weighted by Crippen LogP contribution is -2.25. The third kappa shape index (κ3) is 6.25. The molecule has 1 N–H and O–H groups in total. The SMILES string of the molecule is CS(=O)CCNCCOc1ccccc1. The lowest BCUT2D eigenvalue weighted by Gasteiger charge is -2.06. The van der Waals surface area contributed by atoms with Gasteiger partial charge in [0.2, 0.25) is 0 Å². The average Bonchev–Trinajstić information content (AvgIpc) is 2.24. The summed E-state index contributed by atoms with van der Waals surface area (Å²) in [7, 11) is -0.710. The number of benzene rings is 1. The number of hydrogen-bond acceptors (Lipinski definition) is 3. The van der Waals surface area contributed by atoms with Gasteiger partial charge in [0.15, 0.2) is 0 Å². The van der Waals surface area contributed by atoms with Crippen molar-refractivity contribution in [2.75, 3.05) is 31.7 Å². The van der Waals surface area contributed by atoms with Crippen molar-refractivity contribution < 1.29 is 8.95 Å². The van der Waals surface area contributed by atoms with Crippen molar-refractivity contribution in [3.05, 3.63) is 30.3 Å². The highest BCUT2D eigenvalue weighted by Gasteiger charge is 1.92. The topological polar surface area (TPSA) is 38.3 Å². The predicted molar refractivity (Wildman–Crippen MR) is 63.7 cm³/mol. The minimum atomic E-state index is -0.710. The standard InChI is InChI=1S/C11H17NO2S/c1-15(13)10-8-12-7-9-14-11-5-3-2-4-6-11/h2-6,12H,7-10H2,1H3. The Morgan fingerprint density at radius 1 is 1.27 bits per heavy atom. The van der Waals surface area contributed by atoms with E-state index >= 15 is 0 Å². The molecule has 0 spiro atoms. The molecule has 1 unspecified atom stereocenters. The van der Waals surface area contributed by atoms with Crippen molar-refractivity contribution >= 4 is 10.8 Å². The Balaban J connectivity index is 2.00. The fourth-order valence-electron chi connectivity index (χ4n) is 1.10. The first kappa shape index (κ1) is 12.2. The van der Waals surface area contributed by atoms with Crippen LogP contribution >= 0.6 is 0 Å². The Morgan fingerprint density at radius 3 is 2.67 bits per heavy atom. The summed E-state index contributed by atoms with van der Waals surface area (Å²) in [4.78, 5) is 0. The van der Waals surface area contributed by atoms with Gasteiger partial charge in [-0.1, -0.05) is 18.2 Å². The normalized spacial score (nSPS) is 12.3. The monoisotopic (exact) mass is 227 g/mol. The first-order chi connectivity index (χ1) is 7.29. The number of nitrogens with one attached hydrogen (secondary N) is 1. The molecule has 4 heteroatoms. The summed E-state index contributed by atoms with van der Waals surface area (Å²) in [5.74, 6) is 1.59. The lowest BCUT2D eigenvalue weighted by molar-refractivity contribution is 0.315. The molecule has 0 bridgehead atoms. The maximum absolute atomic E-state index is 10.7. The first-order valence-electron chi connectivity index (χ1n) is 4.97. The minimum Gasteiger partial charge on any atom is -0.492 e. The van der Waals surface area contributed by atoms with Crippen molar-refractivity contribution in [2.45, 2.75) is 0 Å². The van der Waals surface area contributed by atoms with Crippen LogP contribution in [0.25, 0.3) is 0 Å². The van der Waals surface area contributed by atoms with Gasteiger partial charge in [0, 0.05) is 35.9 Å². The van der Waals surface area contributed by atoms with Gasteiger partial charge in [-0.3, -0.25) is 4.21 Å². The summed E-state index contributed by atoms with van der Waals surface area (Å²) >= 11 is 0. The maximum Gasteiger partial charge on any atom is 0.119 e. The maximum atomic E-state index is 10.7. The zero-order valence-corrected chi connectivity index (χ0v) is 9.76. The van der Waals surface area contributed by atoms with Crippen LogP contribution in [0.1, 0.15) is 0 Å². The second kappa shape index (κ2) is 7.43. The average molecular weight is 227 g/mol. The quantitative estimate of drug-likeness (QED) is 0.707. The summed E-state index contributed by atoms with van der Waals surface area (Å²) in [5.41, 5.74) is 0. The van der Waals surface area contributed by atoms with Gasteiger partial charge in [-0.05, 0) is 12.1 Å². The van der Waals surface area contributed by atoms with Crippen LogP contribution in [-0.4, -0.2) is 35.9 Å².